The number of nitrogens with one attached hydrogen (secondary N) is 1. The van der Waals surface area contributed by atoms with Gasteiger partial charge in [-0.2, -0.15) is 0 Å². The van der Waals surface area contributed by atoms with Crippen molar-refractivity contribution in [3.8, 4) is 0 Å². The van der Waals surface area contributed by atoms with Gasteiger partial charge in [-0.1, -0.05) is 55.9 Å². The third-order valence-electron chi connectivity index (χ3n) is 5.92. The van der Waals surface area contributed by atoms with E-state index in [-0.39, 0.29) is 17.8 Å². The van der Waals surface area contributed by atoms with Gasteiger partial charge in [-0.3, -0.25) is 14.5 Å². The molecule has 206 valence electrons. The number of benzene rings is 2. The molecule has 0 spiro atoms. The summed E-state index contributed by atoms with van der Waals surface area (Å²) < 4.78 is 10.4. The zero-order valence-electron chi connectivity index (χ0n) is 22.1. The molecule has 2 aromatic carbocycles. The number of nitrogens with zero attached hydrogens (tertiary/aromatic N) is 1. The fraction of sp³-hybridized carbons (Fsp3) is 0.345. The molecule has 0 atom stereocenters. The number of carbonyl (C=O) groups is 4. The molecule has 39 heavy (non-hydrogen) atoms. The molecule has 0 saturated carbocycles. The van der Waals surface area contributed by atoms with Crippen LogP contribution in [0.25, 0.3) is 6.08 Å². The maximum atomic E-state index is 12.8. The van der Waals surface area contributed by atoms with Gasteiger partial charge in [-0.05, 0) is 67.3 Å². The van der Waals surface area contributed by atoms with Crippen molar-refractivity contribution in [1.29, 1.82) is 0 Å². The van der Waals surface area contributed by atoms with Gasteiger partial charge < -0.3 is 14.8 Å². The highest BCUT2D eigenvalue weighted by Crippen LogP contribution is 2.32. The highest BCUT2D eigenvalue weighted by molar-refractivity contribution is 8.26. The standard InChI is InChI=1S/C29H32N2O6S2/c1-3-4-18-37-28(35)22-13-15-23(16-14-22)30-25(32)8-6-5-7-17-31-26(33)24(39-29(31)38)19-20-9-11-21(12-10-20)27(34)36-2/h9-16,19H,3-8,17-18H2,1-2H3,(H,30,32). The molecule has 1 aliphatic rings. The van der Waals surface area contributed by atoms with Gasteiger partial charge in [0.2, 0.25) is 5.91 Å². The minimum Gasteiger partial charge on any atom is -0.465 e. The molecule has 2 aromatic rings. The first-order valence-electron chi connectivity index (χ1n) is 12.8. The van der Waals surface area contributed by atoms with Crippen LogP contribution < -0.4 is 5.32 Å². The van der Waals surface area contributed by atoms with E-state index >= 15 is 0 Å². The van der Waals surface area contributed by atoms with E-state index in [1.54, 1.807) is 59.5 Å². The molecule has 1 fully saturated rings. The topological polar surface area (TPSA) is 102 Å². The van der Waals surface area contributed by atoms with Crippen molar-refractivity contribution in [2.75, 3.05) is 25.6 Å². The van der Waals surface area contributed by atoms with Gasteiger partial charge in [0.05, 0.1) is 29.7 Å². The summed E-state index contributed by atoms with van der Waals surface area (Å²) in [6.07, 6.45) is 6.04. The zero-order valence-corrected chi connectivity index (χ0v) is 23.7. The molecule has 1 saturated heterocycles. The predicted octanol–water partition coefficient (Wildman–Crippen LogP) is 5.83. The number of hydrogen-bond donors (Lipinski definition) is 1. The van der Waals surface area contributed by atoms with Crippen LogP contribution in [0.4, 0.5) is 5.69 Å². The van der Waals surface area contributed by atoms with Crippen molar-refractivity contribution in [2.24, 2.45) is 0 Å². The third kappa shape index (κ3) is 9.04. The van der Waals surface area contributed by atoms with Crippen molar-refractivity contribution >= 4 is 63.8 Å². The number of methoxy groups -OCH3 is 1. The largest absolute Gasteiger partial charge is 0.465 e. The summed E-state index contributed by atoms with van der Waals surface area (Å²) in [7, 11) is 1.33. The monoisotopic (exact) mass is 568 g/mol. The second-order valence-corrected chi connectivity index (χ2v) is 10.5. The van der Waals surface area contributed by atoms with Crippen molar-refractivity contribution in [1.82, 2.24) is 4.90 Å². The predicted molar refractivity (Wildman–Crippen MR) is 156 cm³/mol. The first-order valence-corrected chi connectivity index (χ1v) is 14.1. The number of ether oxygens (including phenoxy) is 2. The summed E-state index contributed by atoms with van der Waals surface area (Å²) in [6.45, 7) is 2.91. The summed E-state index contributed by atoms with van der Waals surface area (Å²) >= 11 is 6.65. The lowest BCUT2D eigenvalue weighted by Gasteiger charge is -2.14. The van der Waals surface area contributed by atoms with Gasteiger partial charge in [0.1, 0.15) is 4.32 Å². The molecule has 0 aliphatic carbocycles. The molecule has 10 heteroatoms. The Morgan fingerprint density at radius 2 is 1.62 bits per heavy atom. The van der Waals surface area contributed by atoms with Gasteiger partial charge in [-0.15, -0.1) is 0 Å². The average molecular weight is 569 g/mol. The normalized spacial score (nSPS) is 14.0. The highest BCUT2D eigenvalue weighted by atomic mass is 32.2. The molecule has 3 rings (SSSR count). The minimum absolute atomic E-state index is 0.111. The number of anilines is 1. The first kappa shape index (κ1) is 30.0. The van der Waals surface area contributed by atoms with E-state index < -0.39 is 5.97 Å². The number of hydrogen-bond acceptors (Lipinski definition) is 8. The van der Waals surface area contributed by atoms with Crippen LogP contribution >= 0.6 is 24.0 Å². The summed E-state index contributed by atoms with van der Waals surface area (Å²) in [4.78, 5) is 50.8. The van der Waals surface area contributed by atoms with Crippen molar-refractivity contribution in [3.63, 3.8) is 0 Å². The van der Waals surface area contributed by atoms with Crippen LogP contribution in [0.15, 0.2) is 53.4 Å². The molecular weight excluding hydrogens is 536 g/mol. The Balaban J connectivity index is 1.38. The van der Waals surface area contributed by atoms with Crippen molar-refractivity contribution in [2.45, 2.75) is 45.4 Å². The Morgan fingerprint density at radius 1 is 0.949 bits per heavy atom. The molecule has 1 heterocycles. The van der Waals surface area contributed by atoms with Gasteiger partial charge in [-0.25, -0.2) is 9.59 Å². The van der Waals surface area contributed by atoms with Crippen LogP contribution in [0.5, 0.6) is 0 Å². The van der Waals surface area contributed by atoms with Crippen LogP contribution in [0, 0.1) is 0 Å². The SMILES string of the molecule is CCCCOC(=O)c1ccc(NC(=O)CCCCCN2C(=O)C(=Cc3ccc(C(=O)OC)cc3)SC2=S)cc1. The fourth-order valence-corrected chi connectivity index (χ4v) is 5.02. The number of esters is 2. The maximum Gasteiger partial charge on any atom is 0.338 e. The Labute approximate surface area is 238 Å². The lowest BCUT2D eigenvalue weighted by atomic mass is 10.1. The number of carbonyl (C=O) groups excluding carboxylic acids is 4. The summed E-state index contributed by atoms with van der Waals surface area (Å²) in [5, 5.41) is 2.84. The Hall–Kier alpha value is -3.50. The quantitative estimate of drug-likeness (QED) is 0.139. The Bertz CT molecular complexity index is 1230. The molecular formula is C29H32N2O6S2. The van der Waals surface area contributed by atoms with E-state index in [2.05, 4.69) is 5.32 Å². The lowest BCUT2D eigenvalue weighted by Crippen LogP contribution is -2.29. The Morgan fingerprint density at radius 3 is 2.28 bits per heavy atom. The molecule has 1 N–H and O–H groups in total. The van der Waals surface area contributed by atoms with Gasteiger partial charge in [0, 0.05) is 18.7 Å². The fourth-order valence-electron chi connectivity index (χ4n) is 3.72. The Kier molecular flexibility index (Phi) is 11.7. The van der Waals surface area contributed by atoms with E-state index in [1.807, 2.05) is 6.92 Å². The van der Waals surface area contributed by atoms with Crippen LogP contribution in [-0.2, 0) is 19.1 Å². The molecule has 1 aliphatic heterocycles. The van der Waals surface area contributed by atoms with Crippen LogP contribution in [0.1, 0.15) is 71.7 Å². The lowest BCUT2D eigenvalue weighted by molar-refractivity contribution is -0.122. The van der Waals surface area contributed by atoms with Crippen LogP contribution in [-0.4, -0.2) is 53.2 Å². The second kappa shape index (κ2) is 15.2. The van der Waals surface area contributed by atoms with E-state index in [9.17, 15) is 19.2 Å². The molecule has 0 bridgehead atoms. The van der Waals surface area contributed by atoms with Crippen molar-refractivity contribution in [3.05, 3.63) is 70.1 Å². The third-order valence-corrected chi connectivity index (χ3v) is 7.30. The summed E-state index contributed by atoms with van der Waals surface area (Å²) in [5.41, 5.74) is 2.30. The smallest absolute Gasteiger partial charge is 0.338 e. The zero-order chi connectivity index (χ0) is 28.2. The molecule has 0 aromatic heterocycles. The molecule has 0 unspecified atom stereocenters. The van der Waals surface area contributed by atoms with Gasteiger partial charge >= 0.3 is 11.9 Å². The molecule has 8 nitrogen and oxygen atoms in total. The summed E-state index contributed by atoms with van der Waals surface area (Å²) in [6, 6.07) is 13.4. The summed E-state index contributed by atoms with van der Waals surface area (Å²) in [5.74, 6) is -1.04. The van der Waals surface area contributed by atoms with Crippen molar-refractivity contribution < 1.29 is 28.7 Å². The van der Waals surface area contributed by atoms with E-state index in [1.165, 1.54) is 18.9 Å². The minimum atomic E-state index is -0.416. The second-order valence-electron chi connectivity index (χ2n) is 8.87. The van der Waals surface area contributed by atoms with Crippen LogP contribution in [0.2, 0.25) is 0 Å². The maximum absolute atomic E-state index is 12.8. The number of unbranched alkanes of at least 4 members (excludes halogenated alkanes) is 3. The van der Waals surface area contributed by atoms with E-state index in [4.69, 9.17) is 21.7 Å². The molecule has 2 amide bonds. The first-order chi connectivity index (χ1) is 18.8. The number of thiocarbonyl (C=S) groups is 1. The molecule has 0 radical (unpaired) electrons. The number of amides is 2. The van der Waals surface area contributed by atoms with E-state index in [0.717, 1.165) is 31.2 Å². The van der Waals surface area contributed by atoms with Gasteiger partial charge in [0.15, 0.2) is 0 Å². The highest BCUT2D eigenvalue weighted by Gasteiger charge is 2.31. The van der Waals surface area contributed by atoms with Crippen LogP contribution in [0.3, 0.4) is 0 Å². The number of rotatable bonds is 13. The van der Waals surface area contributed by atoms with Gasteiger partial charge in [0.25, 0.3) is 5.91 Å². The average Bonchev–Trinajstić information content (AvgIpc) is 3.20. The van der Waals surface area contributed by atoms with E-state index in [0.29, 0.717) is 52.0 Å². The number of thioether (sulfide) groups is 1.